The van der Waals surface area contributed by atoms with Crippen molar-refractivity contribution in [1.82, 2.24) is 4.72 Å². The molecule has 0 saturated carbocycles. The highest BCUT2D eigenvalue weighted by molar-refractivity contribution is 7.89. The van der Waals surface area contributed by atoms with Crippen molar-refractivity contribution in [2.75, 3.05) is 6.54 Å². The van der Waals surface area contributed by atoms with Crippen LogP contribution >= 0.6 is 23.2 Å². The van der Waals surface area contributed by atoms with Gasteiger partial charge in [0.05, 0.1) is 15.6 Å². The van der Waals surface area contributed by atoms with Crippen LogP contribution in [0.3, 0.4) is 0 Å². The fourth-order valence-corrected chi connectivity index (χ4v) is 3.22. The Bertz CT molecular complexity index is 649. The Morgan fingerprint density at radius 1 is 1.42 bits per heavy atom. The third-order valence-corrected chi connectivity index (χ3v) is 4.44. The molecule has 5 nitrogen and oxygen atoms in total. The maximum absolute atomic E-state index is 11.9. The zero-order chi connectivity index (χ0) is 14.6. The van der Waals surface area contributed by atoms with E-state index in [1.54, 1.807) is 0 Å². The van der Waals surface area contributed by atoms with Crippen LogP contribution < -0.4 is 4.72 Å². The summed E-state index contributed by atoms with van der Waals surface area (Å²) in [5, 5.41) is 8.36. The number of carboxylic acids is 1. The zero-order valence-electron chi connectivity index (χ0n) is 9.48. The van der Waals surface area contributed by atoms with E-state index in [4.69, 9.17) is 34.7 Å². The Kier molecular flexibility index (Phi) is 5.20. The van der Waals surface area contributed by atoms with Gasteiger partial charge in [-0.15, -0.1) is 12.3 Å². The quantitative estimate of drug-likeness (QED) is 0.641. The Hall–Kier alpha value is -1.26. The van der Waals surface area contributed by atoms with Gasteiger partial charge < -0.3 is 5.11 Å². The summed E-state index contributed by atoms with van der Waals surface area (Å²) in [6, 6.07) is 2.29. The third kappa shape index (κ3) is 3.61. The predicted molar refractivity (Wildman–Crippen MR) is 72.1 cm³/mol. The minimum Gasteiger partial charge on any atom is -0.478 e. The number of halogens is 2. The lowest BCUT2D eigenvalue weighted by atomic mass is 10.2. The van der Waals surface area contributed by atoms with Gasteiger partial charge in [0.25, 0.3) is 0 Å². The molecule has 102 valence electrons. The fourth-order valence-electron chi connectivity index (χ4n) is 1.27. The molecule has 0 aliphatic heterocycles. The number of sulfonamides is 1. The average Bonchev–Trinajstić information content (AvgIpc) is 2.28. The third-order valence-electron chi connectivity index (χ3n) is 2.12. The van der Waals surface area contributed by atoms with E-state index in [1.165, 1.54) is 0 Å². The van der Waals surface area contributed by atoms with Crippen molar-refractivity contribution in [3.63, 3.8) is 0 Å². The summed E-state index contributed by atoms with van der Waals surface area (Å²) in [5.74, 6) is 0.863. The van der Waals surface area contributed by atoms with Crippen molar-refractivity contribution in [1.29, 1.82) is 0 Å². The number of nitrogens with one attached hydrogen (secondary N) is 1. The smallest absolute Gasteiger partial charge is 0.338 e. The van der Waals surface area contributed by atoms with Crippen LogP contribution in [-0.4, -0.2) is 26.0 Å². The summed E-state index contributed by atoms with van der Waals surface area (Å²) in [4.78, 5) is 10.6. The molecular weight excluding hydrogens is 313 g/mol. The highest BCUT2D eigenvalue weighted by Gasteiger charge is 2.24. The van der Waals surface area contributed by atoms with Gasteiger partial charge in [0.15, 0.2) is 0 Å². The van der Waals surface area contributed by atoms with E-state index in [0.29, 0.717) is 0 Å². The van der Waals surface area contributed by atoms with Gasteiger partial charge in [0.1, 0.15) is 4.90 Å². The lowest BCUT2D eigenvalue weighted by Crippen LogP contribution is -2.25. The largest absolute Gasteiger partial charge is 0.478 e. The van der Waals surface area contributed by atoms with Crippen LogP contribution in [0.15, 0.2) is 17.0 Å². The van der Waals surface area contributed by atoms with Crippen LogP contribution in [0.2, 0.25) is 10.0 Å². The van der Waals surface area contributed by atoms with Crippen LogP contribution in [0, 0.1) is 12.3 Å². The standard InChI is InChI=1S/C11H9Cl2NO4S/c1-2-3-6-14-19(17,18)8-5-4-7(12)9(10(8)13)11(15)16/h1,4-5,14H,3,6H2,(H,15,16). The summed E-state index contributed by atoms with van der Waals surface area (Å²) in [5.41, 5.74) is -0.455. The first-order valence-corrected chi connectivity index (χ1v) is 7.19. The first-order valence-electron chi connectivity index (χ1n) is 4.95. The molecule has 0 aliphatic rings. The molecule has 0 radical (unpaired) electrons. The number of carbonyl (C=O) groups is 1. The molecule has 0 aromatic heterocycles. The predicted octanol–water partition coefficient (Wildman–Crippen LogP) is 1.99. The molecule has 0 bridgehead atoms. The van der Waals surface area contributed by atoms with Gasteiger partial charge in [-0.1, -0.05) is 23.2 Å². The number of carboxylic acid groups (broad SMARTS) is 1. The molecule has 1 aromatic rings. The molecular formula is C11H9Cl2NO4S. The molecule has 2 N–H and O–H groups in total. The van der Waals surface area contributed by atoms with E-state index in [1.807, 2.05) is 0 Å². The van der Waals surface area contributed by atoms with Crippen molar-refractivity contribution < 1.29 is 18.3 Å². The fraction of sp³-hybridized carbons (Fsp3) is 0.182. The summed E-state index contributed by atoms with van der Waals surface area (Å²) < 4.78 is 26.0. The number of rotatable bonds is 5. The first kappa shape index (κ1) is 15.8. The van der Waals surface area contributed by atoms with Crippen LogP contribution in [-0.2, 0) is 10.0 Å². The number of hydrogen-bond donors (Lipinski definition) is 2. The van der Waals surface area contributed by atoms with E-state index in [9.17, 15) is 13.2 Å². The molecule has 1 aromatic carbocycles. The summed E-state index contributed by atoms with van der Waals surface area (Å²) in [7, 11) is -3.94. The summed E-state index contributed by atoms with van der Waals surface area (Å²) in [6.07, 6.45) is 5.21. The SMILES string of the molecule is C#CCCNS(=O)(=O)c1ccc(Cl)c(C(=O)O)c1Cl. The molecule has 0 heterocycles. The van der Waals surface area contributed by atoms with Crippen LogP contribution in [0.25, 0.3) is 0 Å². The van der Waals surface area contributed by atoms with E-state index in [0.717, 1.165) is 12.1 Å². The van der Waals surface area contributed by atoms with Crippen molar-refractivity contribution in [3.8, 4) is 12.3 Å². The molecule has 0 saturated heterocycles. The Labute approximate surface area is 120 Å². The van der Waals surface area contributed by atoms with Crippen molar-refractivity contribution in [2.45, 2.75) is 11.3 Å². The Morgan fingerprint density at radius 2 is 2.05 bits per heavy atom. The number of benzene rings is 1. The molecule has 0 unspecified atom stereocenters. The molecule has 0 aliphatic carbocycles. The second-order valence-electron chi connectivity index (χ2n) is 3.39. The molecule has 0 amide bonds. The number of aromatic carboxylic acids is 1. The van der Waals surface area contributed by atoms with E-state index < -0.39 is 26.6 Å². The van der Waals surface area contributed by atoms with Gasteiger partial charge in [-0.2, -0.15) is 0 Å². The summed E-state index contributed by atoms with van der Waals surface area (Å²) in [6.45, 7) is 0.0280. The van der Waals surface area contributed by atoms with Gasteiger partial charge in [0, 0.05) is 13.0 Å². The highest BCUT2D eigenvalue weighted by atomic mass is 35.5. The van der Waals surface area contributed by atoms with E-state index in [2.05, 4.69) is 10.6 Å². The van der Waals surface area contributed by atoms with Crippen molar-refractivity contribution in [3.05, 3.63) is 27.7 Å². The van der Waals surface area contributed by atoms with Gasteiger partial charge in [-0.25, -0.2) is 17.9 Å². The molecule has 19 heavy (non-hydrogen) atoms. The van der Waals surface area contributed by atoms with Crippen molar-refractivity contribution >= 4 is 39.2 Å². The monoisotopic (exact) mass is 321 g/mol. The minimum absolute atomic E-state index is 0.0280. The molecule has 0 atom stereocenters. The van der Waals surface area contributed by atoms with E-state index in [-0.39, 0.29) is 22.9 Å². The number of terminal acetylenes is 1. The normalized spacial score (nSPS) is 11.0. The van der Waals surface area contributed by atoms with E-state index >= 15 is 0 Å². The van der Waals surface area contributed by atoms with Crippen LogP contribution in [0.5, 0.6) is 0 Å². The highest BCUT2D eigenvalue weighted by Crippen LogP contribution is 2.30. The second kappa shape index (κ2) is 6.26. The number of hydrogen-bond acceptors (Lipinski definition) is 3. The van der Waals surface area contributed by atoms with Gasteiger partial charge in [0.2, 0.25) is 10.0 Å². The molecule has 8 heteroatoms. The lowest BCUT2D eigenvalue weighted by Gasteiger charge is -2.10. The second-order valence-corrected chi connectivity index (χ2v) is 5.91. The van der Waals surface area contributed by atoms with Gasteiger partial charge in [-0.3, -0.25) is 0 Å². The van der Waals surface area contributed by atoms with Crippen molar-refractivity contribution in [2.24, 2.45) is 0 Å². The maximum atomic E-state index is 11.9. The Balaban J connectivity index is 3.26. The molecule has 1 rings (SSSR count). The Morgan fingerprint density at radius 3 is 2.58 bits per heavy atom. The molecule has 0 spiro atoms. The zero-order valence-corrected chi connectivity index (χ0v) is 11.8. The van der Waals surface area contributed by atoms with Gasteiger partial charge >= 0.3 is 5.97 Å². The maximum Gasteiger partial charge on any atom is 0.338 e. The van der Waals surface area contributed by atoms with Crippen LogP contribution in [0.1, 0.15) is 16.8 Å². The average molecular weight is 322 g/mol. The minimum atomic E-state index is -3.94. The lowest BCUT2D eigenvalue weighted by molar-refractivity contribution is 0.0697. The first-order chi connectivity index (χ1) is 8.81. The summed E-state index contributed by atoms with van der Waals surface area (Å²) >= 11 is 11.4. The topological polar surface area (TPSA) is 83.5 Å². The van der Waals surface area contributed by atoms with Gasteiger partial charge in [-0.05, 0) is 12.1 Å². The molecule has 0 fully saturated rings. The van der Waals surface area contributed by atoms with Crippen LogP contribution in [0.4, 0.5) is 0 Å².